The number of hydrogen-bond donors (Lipinski definition) is 2. The number of aliphatic carboxylic acids is 1. The number of hydrogen-bond acceptors (Lipinski definition) is 2. The van der Waals surface area contributed by atoms with Crippen LogP contribution >= 0.6 is 0 Å². The normalized spacial score (nSPS) is 12.1. The molecule has 1 unspecified atom stereocenters. The third-order valence-electron chi connectivity index (χ3n) is 1.80. The fraction of sp³-hybridized carbons (Fsp3) is 0.100. The highest BCUT2D eigenvalue weighted by Gasteiger charge is 2.12. The zero-order valence-corrected chi connectivity index (χ0v) is 7.10. The van der Waals surface area contributed by atoms with Gasteiger partial charge in [-0.25, -0.2) is 0 Å². The highest BCUT2D eigenvalue weighted by molar-refractivity contribution is 5.75. The highest BCUT2D eigenvalue weighted by Crippen LogP contribution is 2.12. The van der Waals surface area contributed by atoms with Gasteiger partial charge in [-0.2, -0.15) is 0 Å². The van der Waals surface area contributed by atoms with E-state index in [0.29, 0.717) is 5.56 Å². The molecule has 0 saturated heterocycles. The summed E-state index contributed by atoms with van der Waals surface area (Å²) in [4.78, 5) is 10.5. The van der Waals surface area contributed by atoms with Crippen molar-refractivity contribution < 1.29 is 9.90 Å². The molecule has 0 spiro atoms. The summed E-state index contributed by atoms with van der Waals surface area (Å²) in [5.41, 5.74) is 6.95. The molecule has 0 aliphatic heterocycles. The van der Waals surface area contributed by atoms with Crippen LogP contribution in [0.5, 0.6) is 0 Å². The van der Waals surface area contributed by atoms with Gasteiger partial charge in [0, 0.05) is 0 Å². The van der Waals surface area contributed by atoms with Crippen molar-refractivity contribution in [2.75, 3.05) is 0 Å². The van der Waals surface area contributed by atoms with Crippen molar-refractivity contribution in [2.24, 2.45) is 5.73 Å². The van der Waals surface area contributed by atoms with Gasteiger partial charge in [-0.15, -0.1) is 0 Å². The van der Waals surface area contributed by atoms with E-state index in [1.54, 1.807) is 30.3 Å². The van der Waals surface area contributed by atoms with Crippen molar-refractivity contribution >= 4 is 12.0 Å². The van der Waals surface area contributed by atoms with E-state index in [1.165, 1.54) is 0 Å². The number of carboxylic acid groups (broad SMARTS) is 1. The second-order valence-corrected chi connectivity index (χ2v) is 2.69. The molecule has 0 aliphatic rings. The van der Waals surface area contributed by atoms with Gasteiger partial charge in [0.2, 0.25) is 0 Å². The standard InChI is InChI=1S/C10H11NO2/c1-2-7-3-5-8(6-4-7)9(11)10(12)13/h2-6,9H,1,11H2,(H,12,13). The van der Waals surface area contributed by atoms with Crippen molar-refractivity contribution in [1.82, 2.24) is 0 Å². The second-order valence-electron chi connectivity index (χ2n) is 2.69. The van der Waals surface area contributed by atoms with Gasteiger partial charge in [-0.1, -0.05) is 36.9 Å². The zero-order chi connectivity index (χ0) is 9.84. The van der Waals surface area contributed by atoms with Crippen molar-refractivity contribution in [1.29, 1.82) is 0 Å². The summed E-state index contributed by atoms with van der Waals surface area (Å²) in [6.45, 7) is 3.59. The summed E-state index contributed by atoms with van der Waals surface area (Å²) >= 11 is 0. The molecule has 3 heteroatoms. The van der Waals surface area contributed by atoms with E-state index < -0.39 is 12.0 Å². The minimum absolute atomic E-state index is 0.595. The molecule has 1 aromatic rings. The average Bonchev–Trinajstić information content (AvgIpc) is 2.17. The first-order valence-electron chi connectivity index (χ1n) is 3.86. The Bertz CT molecular complexity index is 316. The molecule has 1 rings (SSSR count). The Balaban J connectivity index is 2.91. The molecule has 3 N–H and O–H groups in total. The second kappa shape index (κ2) is 3.87. The van der Waals surface area contributed by atoms with Gasteiger partial charge in [0.05, 0.1) is 0 Å². The van der Waals surface area contributed by atoms with Crippen LogP contribution in [0.25, 0.3) is 6.08 Å². The maximum Gasteiger partial charge on any atom is 0.325 e. The van der Waals surface area contributed by atoms with E-state index in [0.717, 1.165) is 5.56 Å². The maximum absolute atomic E-state index is 10.5. The Morgan fingerprint density at radius 3 is 2.38 bits per heavy atom. The summed E-state index contributed by atoms with van der Waals surface area (Å²) in [6.07, 6.45) is 1.69. The molecule has 0 fully saturated rings. The minimum Gasteiger partial charge on any atom is -0.480 e. The molecule has 68 valence electrons. The number of nitrogens with two attached hydrogens (primary N) is 1. The van der Waals surface area contributed by atoms with E-state index in [2.05, 4.69) is 6.58 Å². The van der Waals surface area contributed by atoms with Crippen molar-refractivity contribution in [3.8, 4) is 0 Å². The van der Waals surface area contributed by atoms with Gasteiger partial charge >= 0.3 is 5.97 Å². The first-order valence-corrected chi connectivity index (χ1v) is 3.86. The fourth-order valence-corrected chi connectivity index (χ4v) is 0.982. The van der Waals surface area contributed by atoms with Gasteiger partial charge in [-0.3, -0.25) is 4.79 Å². The SMILES string of the molecule is C=Cc1ccc(C(N)C(=O)O)cc1. The molecule has 1 aromatic carbocycles. The molecule has 0 aliphatic carbocycles. The molecule has 0 aromatic heterocycles. The average molecular weight is 177 g/mol. The summed E-state index contributed by atoms with van der Waals surface area (Å²) < 4.78 is 0. The van der Waals surface area contributed by atoms with Gasteiger partial charge in [0.15, 0.2) is 0 Å². The van der Waals surface area contributed by atoms with Crippen molar-refractivity contribution in [3.63, 3.8) is 0 Å². The third-order valence-corrected chi connectivity index (χ3v) is 1.80. The Labute approximate surface area is 76.5 Å². The lowest BCUT2D eigenvalue weighted by Crippen LogP contribution is -2.20. The smallest absolute Gasteiger partial charge is 0.325 e. The van der Waals surface area contributed by atoms with E-state index >= 15 is 0 Å². The number of rotatable bonds is 3. The highest BCUT2D eigenvalue weighted by atomic mass is 16.4. The largest absolute Gasteiger partial charge is 0.480 e. The third kappa shape index (κ3) is 2.16. The molecule has 1 atom stereocenters. The predicted molar refractivity (Wildman–Crippen MR) is 51.1 cm³/mol. The van der Waals surface area contributed by atoms with Crippen LogP contribution < -0.4 is 5.73 Å². The molecule has 3 nitrogen and oxygen atoms in total. The Morgan fingerprint density at radius 2 is 2.00 bits per heavy atom. The lowest BCUT2D eigenvalue weighted by molar-refractivity contribution is -0.138. The van der Waals surface area contributed by atoms with Crippen molar-refractivity contribution in [3.05, 3.63) is 42.0 Å². The monoisotopic (exact) mass is 177 g/mol. The van der Waals surface area contributed by atoms with Crippen LogP contribution in [0, 0.1) is 0 Å². The fourth-order valence-electron chi connectivity index (χ4n) is 0.982. The number of carboxylic acids is 1. The van der Waals surface area contributed by atoms with Crippen molar-refractivity contribution in [2.45, 2.75) is 6.04 Å². The minimum atomic E-state index is -1.02. The number of carbonyl (C=O) groups is 1. The van der Waals surface area contributed by atoms with Gasteiger partial charge in [-0.05, 0) is 11.1 Å². The lowest BCUT2D eigenvalue weighted by atomic mass is 10.1. The Kier molecular flexibility index (Phi) is 2.82. The number of benzene rings is 1. The molecule has 0 bridgehead atoms. The molecule has 0 heterocycles. The molecule has 0 saturated carbocycles. The topological polar surface area (TPSA) is 63.3 Å². The van der Waals surface area contributed by atoms with Crippen LogP contribution in [0.15, 0.2) is 30.8 Å². The van der Waals surface area contributed by atoms with Crippen LogP contribution in [0.3, 0.4) is 0 Å². The van der Waals surface area contributed by atoms with Crippen LogP contribution in [0.4, 0.5) is 0 Å². The lowest BCUT2D eigenvalue weighted by Gasteiger charge is -2.06. The molecule has 0 radical (unpaired) electrons. The first-order chi connectivity index (χ1) is 6.15. The summed E-state index contributed by atoms with van der Waals surface area (Å²) in [7, 11) is 0. The summed E-state index contributed by atoms with van der Waals surface area (Å²) in [5.74, 6) is -1.02. The predicted octanol–water partition coefficient (Wildman–Crippen LogP) is 1.41. The van der Waals surface area contributed by atoms with E-state index in [-0.39, 0.29) is 0 Å². The molecule has 0 amide bonds. The quantitative estimate of drug-likeness (QED) is 0.733. The molecule has 13 heavy (non-hydrogen) atoms. The summed E-state index contributed by atoms with van der Waals surface area (Å²) in [6, 6.07) is 6.00. The van der Waals surface area contributed by atoms with E-state index in [4.69, 9.17) is 10.8 Å². The molecular weight excluding hydrogens is 166 g/mol. The van der Waals surface area contributed by atoms with E-state index in [1.807, 2.05) is 0 Å². The van der Waals surface area contributed by atoms with Gasteiger partial charge in [0.25, 0.3) is 0 Å². The Morgan fingerprint density at radius 1 is 1.46 bits per heavy atom. The zero-order valence-electron chi connectivity index (χ0n) is 7.10. The van der Waals surface area contributed by atoms with Crippen LogP contribution in [-0.2, 0) is 4.79 Å². The van der Waals surface area contributed by atoms with Crippen LogP contribution in [0.2, 0.25) is 0 Å². The van der Waals surface area contributed by atoms with Crippen LogP contribution in [0.1, 0.15) is 17.2 Å². The first kappa shape index (κ1) is 9.48. The van der Waals surface area contributed by atoms with Gasteiger partial charge in [0.1, 0.15) is 6.04 Å². The Hall–Kier alpha value is -1.61. The maximum atomic E-state index is 10.5. The summed E-state index contributed by atoms with van der Waals surface area (Å²) in [5, 5.41) is 8.62. The van der Waals surface area contributed by atoms with Gasteiger partial charge < -0.3 is 10.8 Å². The van der Waals surface area contributed by atoms with Crippen LogP contribution in [-0.4, -0.2) is 11.1 Å². The van der Waals surface area contributed by atoms with E-state index in [9.17, 15) is 4.79 Å². The molecular formula is C10H11NO2.